The topological polar surface area (TPSA) is 61.8 Å². The third kappa shape index (κ3) is 6.97. The van der Waals surface area contributed by atoms with Crippen LogP contribution in [0.2, 0.25) is 0 Å². The molecule has 1 aromatic rings. The van der Waals surface area contributed by atoms with Crippen molar-refractivity contribution in [3.05, 3.63) is 24.4 Å². The van der Waals surface area contributed by atoms with Crippen molar-refractivity contribution in [2.45, 2.75) is 31.7 Å². The number of aliphatic imine (C=N–C) groups is 1. The first-order valence-corrected chi connectivity index (χ1v) is 9.06. The summed E-state index contributed by atoms with van der Waals surface area (Å²) in [6.45, 7) is 4.51. The Labute approximate surface area is 167 Å². The van der Waals surface area contributed by atoms with Crippen LogP contribution in [0.25, 0.3) is 0 Å². The average molecular weight is 459 g/mol. The van der Waals surface area contributed by atoms with Gasteiger partial charge in [-0.15, -0.1) is 24.0 Å². The molecular weight excluding hydrogens is 429 g/mol. The van der Waals surface area contributed by atoms with E-state index in [1.54, 1.807) is 0 Å². The van der Waals surface area contributed by atoms with Crippen LogP contribution in [-0.2, 0) is 4.74 Å². The Morgan fingerprint density at radius 2 is 2.08 bits per heavy atom. The summed E-state index contributed by atoms with van der Waals surface area (Å²) in [5.74, 6) is 2.78. The van der Waals surface area contributed by atoms with Crippen LogP contribution in [0, 0.1) is 5.92 Å². The number of nitrogens with zero attached hydrogens (tertiary/aromatic N) is 3. The fraction of sp³-hybridized carbons (Fsp3) is 0.667. The van der Waals surface area contributed by atoms with E-state index in [0.717, 1.165) is 63.4 Å². The summed E-state index contributed by atoms with van der Waals surface area (Å²) < 4.78 is 5.65. The predicted octanol–water partition coefficient (Wildman–Crippen LogP) is 2.26. The number of anilines is 1. The summed E-state index contributed by atoms with van der Waals surface area (Å²) >= 11 is 0. The molecule has 0 spiro atoms. The number of halogens is 1. The highest BCUT2D eigenvalue weighted by molar-refractivity contribution is 14.0. The molecule has 0 atom stereocenters. The Morgan fingerprint density at radius 3 is 2.72 bits per heavy atom. The number of aromatic nitrogens is 1. The van der Waals surface area contributed by atoms with E-state index in [-0.39, 0.29) is 24.0 Å². The molecule has 0 bridgehead atoms. The molecule has 2 aliphatic rings. The Bertz CT molecular complexity index is 515. The van der Waals surface area contributed by atoms with Gasteiger partial charge in [0.2, 0.25) is 0 Å². The van der Waals surface area contributed by atoms with Gasteiger partial charge in [0.05, 0.1) is 6.61 Å². The van der Waals surface area contributed by atoms with Crippen LogP contribution in [0.5, 0.6) is 0 Å². The number of guanidine groups is 1. The molecule has 140 valence electrons. The summed E-state index contributed by atoms with van der Waals surface area (Å²) in [6.07, 6.45) is 6.73. The van der Waals surface area contributed by atoms with Crippen LogP contribution >= 0.6 is 24.0 Å². The summed E-state index contributed by atoms with van der Waals surface area (Å²) in [5.41, 5.74) is 0. The van der Waals surface area contributed by atoms with E-state index in [0.29, 0.717) is 6.04 Å². The molecule has 0 unspecified atom stereocenters. The second-order valence-corrected chi connectivity index (χ2v) is 6.61. The molecule has 7 heteroatoms. The van der Waals surface area contributed by atoms with Crippen molar-refractivity contribution in [2.24, 2.45) is 10.9 Å². The maximum absolute atomic E-state index is 5.65. The van der Waals surface area contributed by atoms with Crippen molar-refractivity contribution in [3.63, 3.8) is 0 Å². The number of pyridine rings is 1. The van der Waals surface area contributed by atoms with Crippen LogP contribution in [0.1, 0.15) is 25.7 Å². The number of rotatable bonds is 7. The van der Waals surface area contributed by atoms with Gasteiger partial charge in [0.25, 0.3) is 0 Å². The van der Waals surface area contributed by atoms with Crippen molar-refractivity contribution in [1.82, 2.24) is 15.6 Å². The monoisotopic (exact) mass is 459 g/mol. The highest BCUT2D eigenvalue weighted by Gasteiger charge is 2.21. The van der Waals surface area contributed by atoms with Crippen molar-refractivity contribution >= 4 is 35.8 Å². The average Bonchev–Trinajstić information content (AvgIpc) is 3.46. The Balaban J connectivity index is 0.00000225. The van der Waals surface area contributed by atoms with Gasteiger partial charge in [-0.25, -0.2) is 4.98 Å². The molecule has 0 aromatic carbocycles. The van der Waals surface area contributed by atoms with Crippen LogP contribution in [0.15, 0.2) is 29.4 Å². The Hall–Kier alpha value is -1.09. The van der Waals surface area contributed by atoms with Gasteiger partial charge in [-0.1, -0.05) is 6.07 Å². The maximum atomic E-state index is 5.65. The van der Waals surface area contributed by atoms with Crippen molar-refractivity contribution in [3.8, 4) is 0 Å². The minimum Gasteiger partial charge on any atom is -0.379 e. The zero-order valence-electron chi connectivity index (χ0n) is 15.0. The molecule has 6 nitrogen and oxygen atoms in total. The first-order chi connectivity index (χ1) is 11.8. The van der Waals surface area contributed by atoms with Crippen molar-refractivity contribution < 1.29 is 4.74 Å². The smallest absolute Gasteiger partial charge is 0.191 e. The SMILES string of the molecule is CN=C(NCCOCC1CC1)NC1CCN(c2ccccn2)CC1.I. The van der Waals surface area contributed by atoms with E-state index in [4.69, 9.17) is 4.74 Å². The van der Waals surface area contributed by atoms with E-state index in [2.05, 4.69) is 31.6 Å². The second kappa shape index (κ2) is 10.8. The molecule has 1 saturated carbocycles. The van der Waals surface area contributed by atoms with Crippen LogP contribution < -0.4 is 15.5 Å². The summed E-state index contributed by atoms with van der Waals surface area (Å²) in [7, 11) is 1.82. The third-order valence-electron chi connectivity index (χ3n) is 4.62. The quantitative estimate of drug-likeness (QED) is 0.284. The van der Waals surface area contributed by atoms with E-state index in [1.165, 1.54) is 12.8 Å². The Morgan fingerprint density at radius 1 is 1.28 bits per heavy atom. The lowest BCUT2D eigenvalue weighted by Crippen LogP contribution is -2.49. The minimum atomic E-state index is 0. The number of piperidine rings is 1. The van der Waals surface area contributed by atoms with E-state index in [1.807, 2.05) is 25.4 Å². The molecular formula is C18H30IN5O. The molecule has 2 fully saturated rings. The Kier molecular flexibility index (Phi) is 8.74. The van der Waals surface area contributed by atoms with Crippen molar-refractivity contribution in [2.75, 3.05) is 44.8 Å². The van der Waals surface area contributed by atoms with E-state index in [9.17, 15) is 0 Å². The molecule has 2 N–H and O–H groups in total. The normalized spacial score (nSPS) is 18.6. The van der Waals surface area contributed by atoms with Crippen LogP contribution in [0.3, 0.4) is 0 Å². The number of ether oxygens (including phenoxy) is 1. The molecule has 1 aromatic heterocycles. The predicted molar refractivity (Wildman–Crippen MR) is 113 cm³/mol. The highest BCUT2D eigenvalue weighted by Crippen LogP contribution is 2.28. The largest absolute Gasteiger partial charge is 0.379 e. The summed E-state index contributed by atoms with van der Waals surface area (Å²) in [6, 6.07) is 6.55. The minimum absolute atomic E-state index is 0. The second-order valence-electron chi connectivity index (χ2n) is 6.61. The lowest BCUT2D eigenvalue weighted by Gasteiger charge is -2.33. The fourth-order valence-electron chi connectivity index (χ4n) is 2.96. The molecule has 1 aliphatic heterocycles. The highest BCUT2D eigenvalue weighted by atomic mass is 127. The zero-order chi connectivity index (χ0) is 16.6. The first-order valence-electron chi connectivity index (χ1n) is 9.06. The molecule has 0 amide bonds. The lowest BCUT2D eigenvalue weighted by atomic mass is 10.1. The number of hydrogen-bond donors (Lipinski definition) is 2. The molecule has 1 saturated heterocycles. The van der Waals surface area contributed by atoms with Gasteiger partial charge < -0.3 is 20.3 Å². The molecule has 0 radical (unpaired) electrons. The van der Waals surface area contributed by atoms with Gasteiger partial charge in [0, 0.05) is 45.5 Å². The van der Waals surface area contributed by atoms with Gasteiger partial charge in [0.15, 0.2) is 5.96 Å². The van der Waals surface area contributed by atoms with Gasteiger partial charge in [0.1, 0.15) is 5.82 Å². The van der Waals surface area contributed by atoms with Gasteiger partial charge in [-0.3, -0.25) is 4.99 Å². The van der Waals surface area contributed by atoms with E-state index < -0.39 is 0 Å². The first kappa shape index (κ1) is 20.2. The number of nitrogens with one attached hydrogen (secondary N) is 2. The molecule has 3 rings (SSSR count). The lowest BCUT2D eigenvalue weighted by molar-refractivity contribution is 0.129. The zero-order valence-corrected chi connectivity index (χ0v) is 17.3. The molecule has 25 heavy (non-hydrogen) atoms. The molecule has 1 aliphatic carbocycles. The maximum Gasteiger partial charge on any atom is 0.191 e. The van der Waals surface area contributed by atoms with Gasteiger partial charge in [-0.05, 0) is 43.7 Å². The fourth-order valence-corrected chi connectivity index (χ4v) is 2.96. The standard InChI is InChI=1S/C18H29N5O.HI/c1-19-18(21-10-13-24-14-15-5-6-15)22-16-7-11-23(12-8-16)17-4-2-3-9-20-17;/h2-4,9,15-16H,5-8,10-14H2,1H3,(H2,19,21,22);1H. The summed E-state index contributed by atoms with van der Waals surface area (Å²) in [4.78, 5) is 11.1. The number of hydrogen-bond acceptors (Lipinski definition) is 4. The molecule has 2 heterocycles. The summed E-state index contributed by atoms with van der Waals surface area (Å²) in [5, 5.41) is 6.87. The van der Waals surface area contributed by atoms with Gasteiger partial charge in [-0.2, -0.15) is 0 Å². The van der Waals surface area contributed by atoms with E-state index >= 15 is 0 Å². The van der Waals surface area contributed by atoms with Gasteiger partial charge >= 0.3 is 0 Å². The van der Waals surface area contributed by atoms with Crippen LogP contribution in [0.4, 0.5) is 5.82 Å². The third-order valence-corrected chi connectivity index (χ3v) is 4.62. The van der Waals surface area contributed by atoms with Crippen LogP contribution in [-0.4, -0.2) is 56.9 Å². The van der Waals surface area contributed by atoms with Crippen molar-refractivity contribution in [1.29, 1.82) is 0 Å².